The van der Waals surface area contributed by atoms with Crippen molar-refractivity contribution in [1.82, 2.24) is 14.8 Å². The van der Waals surface area contributed by atoms with Crippen molar-refractivity contribution in [2.75, 3.05) is 12.4 Å². The standard InChI is InChI=1S/C18H19ClN4O/c1-23-17(21-22-18(23)13-7-4-3-5-8-13)11-20-16-10-6-9-15(19)14(16)12-24-2/h3-10,20H,11-12H2,1-2H3. The van der Waals surface area contributed by atoms with Gasteiger partial charge in [-0.15, -0.1) is 10.2 Å². The third kappa shape index (κ3) is 3.42. The second kappa shape index (κ2) is 7.47. The number of halogens is 1. The minimum atomic E-state index is 0.454. The molecule has 0 saturated carbocycles. The van der Waals surface area contributed by atoms with Crippen molar-refractivity contribution in [2.24, 2.45) is 7.05 Å². The summed E-state index contributed by atoms with van der Waals surface area (Å²) < 4.78 is 7.22. The molecule has 24 heavy (non-hydrogen) atoms. The molecule has 124 valence electrons. The van der Waals surface area contributed by atoms with E-state index < -0.39 is 0 Å². The quantitative estimate of drug-likeness (QED) is 0.738. The van der Waals surface area contributed by atoms with Crippen LogP contribution in [0, 0.1) is 0 Å². The fourth-order valence-electron chi connectivity index (χ4n) is 2.54. The van der Waals surface area contributed by atoms with Gasteiger partial charge in [0.25, 0.3) is 0 Å². The van der Waals surface area contributed by atoms with E-state index in [0.29, 0.717) is 18.2 Å². The number of rotatable bonds is 6. The van der Waals surface area contributed by atoms with Gasteiger partial charge in [0.15, 0.2) is 11.6 Å². The van der Waals surface area contributed by atoms with E-state index in [-0.39, 0.29) is 0 Å². The minimum Gasteiger partial charge on any atom is -0.380 e. The monoisotopic (exact) mass is 342 g/mol. The molecular formula is C18H19ClN4O. The molecule has 0 amide bonds. The maximum absolute atomic E-state index is 6.25. The maximum Gasteiger partial charge on any atom is 0.163 e. The first-order valence-corrected chi connectivity index (χ1v) is 8.02. The predicted octanol–water partition coefficient (Wildman–Crippen LogP) is 3.89. The molecule has 1 aromatic heterocycles. The molecule has 2 aromatic carbocycles. The summed E-state index contributed by atoms with van der Waals surface area (Å²) in [6.45, 7) is 1.00. The van der Waals surface area contributed by atoms with Crippen LogP contribution in [0.5, 0.6) is 0 Å². The van der Waals surface area contributed by atoms with Gasteiger partial charge in [-0.25, -0.2) is 0 Å². The Bertz CT molecular complexity index is 817. The lowest BCUT2D eigenvalue weighted by Crippen LogP contribution is -2.08. The Morgan fingerprint density at radius 1 is 1.08 bits per heavy atom. The lowest BCUT2D eigenvalue weighted by Gasteiger charge is -2.13. The smallest absolute Gasteiger partial charge is 0.163 e. The lowest BCUT2D eigenvalue weighted by atomic mass is 10.2. The summed E-state index contributed by atoms with van der Waals surface area (Å²) in [5.41, 5.74) is 2.92. The zero-order valence-electron chi connectivity index (χ0n) is 13.7. The van der Waals surface area contributed by atoms with E-state index in [1.54, 1.807) is 7.11 Å². The molecule has 0 spiro atoms. The Morgan fingerprint density at radius 2 is 1.88 bits per heavy atom. The van der Waals surface area contributed by atoms with Crippen LogP contribution in [0.2, 0.25) is 5.02 Å². The molecule has 0 unspecified atom stereocenters. The first-order chi connectivity index (χ1) is 11.7. The van der Waals surface area contributed by atoms with Crippen LogP contribution in [0.15, 0.2) is 48.5 Å². The summed E-state index contributed by atoms with van der Waals surface area (Å²) in [5, 5.41) is 12.6. The number of nitrogens with one attached hydrogen (secondary N) is 1. The van der Waals surface area contributed by atoms with Gasteiger partial charge in [-0.1, -0.05) is 48.0 Å². The Balaban J connectivity index is 1.79. The molecule has 5 nitrogen and oxygen atoms in total. The fraction of sp³-hybridized carbons (Fsp3) is 0.222. The van der Waals surface area contributed by atoms with Gasteiger partial charge < -0.3 is 14.6 Å². The van der Waals surface area contributed by atoms with Crippen molar-refractivity contribution in [1.29, 1.82) is 0 Å². The first kappa shape index (κ1) is 16.5. The summed E-state index contributed by atoms with van der Waals surface area (Å²) in [4.78, 5) is 0. The molecule has 6 heteroatoms. The molecule has 0 aliphatic heterocycles. The molecule has 0 aliphatic rings. The molecule has 0 bridgehead atoms. The number of ether oxygens (including phenoxy) is 1. The van der Waals surface area contributed by atoms with Crippen molar-refractivity contribution in [3.8, 4) is 11.4 Å². The van der Waals surface area contributed by atoms with E-state index in [2.05, 4.69) is 15.5 Å². The molecule has 3 rings (SSSR count). The highest BCUT2D eigenvalue weighted by Crippen LogP contribution is 2.25. The van der Waals surface area contributed by atoms with Crippen LogP contribution in [-0.2, 0) is 24.9 Å². The third-order valence-electron chi connectivity index (χ3n) is 3.84. The normalized spacial score (nSPS) is 10.8. The lowest BCUT2D eigenvalue weighted by molar-refractivity contribution is 0.185. The third-order valence-corrected chi connectivity index (χ3v) is 4.20. The molecule has 3 aromatic rings. The molecule has 0 atom stereocenters. The SMILES string of the molecule is COCc1c(Cl)cccc1NCc1nnc(-c2ccccc2)n1C. The number of methoxy groups -OCH3 is 1. The number of hydrogen-bond acceptors (Lipinski definition) is 4. The fourth-order valence-corrected chi connectivity index (χ4v) is 2.77. The highest BCUT2D eigenvalue weighted by Gasteiger charge is 2.12. The highest BCUT2D eigenvalue weighted by atomic mass is 35.5. The van der Waals surface area contributed by atoms with Crippen LogP contribution in [0.1, 0.15) is 11.4 Å². The zero-order valence-corrected chi connectivity index (χ0v) is 14.4. The second-order valence-corrected chi connectivity index (χ2v) is 5.82. The number of hydrogen-bond donors (Lipinski definition) is 1. The van der Waals surface area contributed by atoms with Crippen LogP contribution in [0.25, 0.3) is 11.4 Å². The Morgan fingerprint density at radius 3 is 2.62 bits per heavy atom. The van der Waals surface area contributed by atoms with Gasteiger partial charge >= 0.3 is 0 Å². The summed E-state index contributed by atoms with van der Waals surface area (Å²) >= 11 is 6.25. The zero-order chi connectivity index (χ0) is 16.9. The molecule has 0 radical (unpaired) electrons. The van der Waals surface area contributed by atoms with Crippen molar-refractivity contribution >= 4 is 17.3 Å². The van der Waals surface area contributed by atoms with Crippen LogP contribution in [-0.4, -0.2) is 21.9 Å². The van der Waals surface area contributed by atoms with Gasteiger partial charge in [-0.3, -0.25) is 0 Å². The average molecular weight is 343 g/mol. The summed E-state index contributed by atoms with van der Waals surface area (Å²) in [6, 6.07) is 15.8. The van der Waals surface area contributed by atoms with E-state index in [4.69, 9.17) is 16.3 Å². The maximum atomic E-state index is 6.25. The van der Waals surface area contributed by atoms with Crippen molar-refractivity contribution in [3.63, 3.8) is 0 Å². The Labute approximate surface area is 146 Å². The molecular weight excluding hydrogens is 324 g/mol. The summed E-state index contributed by atoms with van der Waals surface area (Å²) in [6.07, 6.45) is 0. The summed E-state index contributed by atoms with van der Waals surface area (Å²) in [7, 11) is 3.62. The molecule has 1 N–H and O–H groups in total. The molecule has 1 heterocycles. The van der Waals surface area contributed by atoms with Gasteiger partial charge in [-0.05, 0) is 12.1 Å². The van der Waals surface area contributed by atoms with Gasteiger partial charge in [-0.2, -0.15) is 0 Å². The van der Waals surface area contributed by atoms with Crippen molar-refractivity contribution in [3.05, 3.63) is 64.9 Å². The van der Waals surface area contributed by atoms with Gasteiger partial charge in [0, 0.05) is 36.0 Å². The number of anilines is 1. The Hall–Kier alpha value is -2.37. The molecule has 0 fully saturated rings. The molecule has 0 saturated heterocycles. The number of aromatic nitrogens is 3. The molecule has 0 aliphatic carbocycles. The van der Waals surface area contributed by atoms with Gasteiger partial charge in [0.1, 0.15) is 0 Å². The highest BCUT2D eigenvalue weighted by molar-refractivity contribution is 6.31. The van der Waals surface area contributed by atoms with Crippen LogP contribution in [0.3, 0.4) is 0 Å². The van der Waals surface area contributed by atoms with E-state index in [1.165, 1.54) is 0 Å². The van der Waals surface area contributed by atoms with Gasteiger partial charge in [0.05, 0.1) is 13.2 Å². The minimum absolute atomic E-state index is 0.454. The predicted molar refractivity (Wildman–Crippen MR) is 95.9 cm³/mol. The Kier molecular flexibility index (Phi) is 5.13. The van der Waals surface area contributed by atoms with Crippen molar-refractivity contribution in [2.45, 2.75) is 13.2 Å². The van der Waals surface area contributed by atoms with Crippen LogP contribution >= 0.6 is 11.6 Å². The van der Waals surface area contributed by atoms with Crippen LogP contribution in [0.4, 0.5) is 5.69 Å². The van der Waals surface area contributed by atoms with E-state index in [0.717, 1.165) is 28.5 Å². The van der Waals surface area contributed by atoms with Crippen molar-refractivity contribution < 1.29 is 4.74 Å². The largest absolute Gasteiger partial charge is 0.380 e. The second-order valence-electron chi connectivity index (χ2n) is 5.42. The number of benzene rings is 2. The van der Waals surface area contributed by atoms with E-state index in [1.807, 2.05) is 60.1 Å². The van der Waals surface area contributed by atoms with Gasteiger partial charge in [0.2, 0.25) is 0 Å². The topological polar surface area (TPSA) is 52.0 Å². The number of nitrogens with zero attached hydrogens (tertiary/aromatic N) is 3. The summed E-state index contributed by atoms with van der Waals surface area (Å²) in [5.74, 6) is 1.69. The van der Waals surface area contributed by atoms with E-state index in [9.17, 15) is 0 Å². The first-order valence-electron chi connectivity index (χ1n) is 7.64. The average Bonchev–Trinajstić information content (AvgIpc) is 2.97. The van der Waals surface area contributed by atoms with Crippen LogP contribution < -0.4 is 5.32 Å². The van der Waals surface area contributed by atoms with E-state index >= 15 is 0 Å².